The number of aromatic hydroxyl groups is 1. The first kappa shape index (κ1) is 14.0. The third-order valence-electron chi connectivity index (χ3n) is 3.29. The number of hydrogen-bond donors (Lipinski definition) is 2. The van der Waals surface area contributed by atoms with Crippen LogP contribution in [0.4, 0.5) is 4.39 Å². The van der Waals surface area contributed by atoms with Gasteiger partial charge in [-0.05, 0) is 32.0 Å². The zero-order chi connectivity index (χ0) is 14.9. The van der Waals surface area contributed by atoms with E-state index in [-0.39, 0.29) is 17.9 Å². The molecule has 0 aliphatic rings. The summed E-state index contributed by atoms with van der Waals surface area (Å²) in [5, 5.41) is 16.5. The molecule has 0 fully saturated rings. The summed E-state index contributed by atoms with van der Waals surface area (Å²) >= 11 is 0. The fraction of sp³-hybridized carbons (Fsp3) is 0.286. The zero-order valence-electron chi connectivity index (χ0n) is 11.6. The third-order valence-corrected chi connectivity index (χ3v) is 3.29. The molecule has 1 amide bonds. The number of nitrogens with zero attached hydrogens (tertiary/aromatic N) is 2. The topological polar surface area (TPSA) is 67.2 Å². The van der Waals surface area contributed by atoms with Crippen molar-refractivity contribution in [1.29, 1.82) is 0 Å². The van der Waals surface area contributed by atoms with E-state index in [2.05, 4.69) is 10.4 Å². The molecule has 2 rings (SSSR count). The van der Waals surface area contributed by atoms with Crippen molar-refractivity contribution in [1.82, 2.24) is 15.1 Å². The van der Waals surface area contributed by atoms with Crippen LogP contribution in [0.3, 0.4) is 0 Å². The van der Waals surface area contributed by atoms with Crippen LogP contribution in [0.25, 0.3) is 0 Å². The van der Waals surface area contributed by atoms with Crippen molar-refractivity contribution >= 4 is 5.91 Å². The zero-order valence-corrected chi connectivity index (χ0v) is 11.6. The van der Waals surface area contributed by atoms with E-state index in [4.69, 9.17) is 0 Å². The SMILES string of the molecule is Cc1nn(C)c(C)c1CNC(=O)c1cc(F)ccc1O. The van der Waals surface area contributed by atoms with Crippen molar-refractivity contribution in [2.45, 2.75) is 20.4 Å². The molecule has 1 aromatic heterocycles. The van der Waals surface area contributed by atoms with E-state index in [9.17, 15) is 14.3 Å². The van der Waals surface area contributed by atoms with E-state index in [0.29, 0.717) is 0 Å². The fourth-order valence-electron chi connectivity index (χ4n) is 2.03. The quantitative estimate of drug-likeness (QED) is 0.899. The summed E-state index contributed by atoms with van der Waals surface area (Å²) in [6.45, 7) is 4.04. The molecule has 1 aromatic carbocycles. The lowest BCUT2D eigenvalue weighted by atomic mass is 10.1. The molecular weight excluding hydrogens is 261 g/mol. The summed E-state index contributed by atoms with van der Waals surface area (Å²) in [7, 11) is 1.83. The van der Waals surface area contributed by atoms with Crippen LogP contribution in [0.1, 0.15) is 27.3 Å². The Hall–Kier alpha value is -2.37. The molecule has 0 saturated heterocycles. The summed E-state index contributed by atoms with van der Waals surface area (Å²) in [5.41, 5.74) is 2.61. The molecule has 0 bridgehead atoms. The summed E-state index contributed by atoms with van der Waals surface area (Å²) in [6, 6.07) is 3.26. The van der Waals surface area contributed by atoms with Gasteiger partial charge in [-0.3, -0.25) is 9.48 Å². The minimum Gasteiger partial charge on any atom is -0.507 e. The van der Waals surface area contributed by atoms with E-state index in [1.807, 2.05) is 20.9 Å². The van der Waals surface area contributed by atoms with Gasteiger partial charge in [0.25, 0.3) is 5.91 Å². The maximum atomic E-state index is 13.1. The van der Waals surface area contributed by atoms with Gasteiger partial charge in [0.05, 0.1) is 11.3 Å². The molecule has 0 saturated carbocycles. The van der Waals surface area contributed by atoms with Crippen molar-refractivity contribution < 1.29 is 14.3 Å². The van der Waals surface area contributed by atoms with Crippen LogP contribution in [-0.4, -0.2) is 20.8 Å². The van der Waals surface area contributed by atoms with E-state index in [0.717, 1.165) is 35.2 Å². The normalized spacial score (nSPS) is 10.6. The predicted molar refractivity (Wildman–Crippen MR) is 71.9 cm³/mol. The first-order valence-electron chi connectivity index (χ1n) is 6.16. The van der Waals surface area contributed by atoms with Crippen LogP contribution < -0.4 is 5.32 Å². The maximum absolute atomic E-state index is 13.1. The molecule has 1 heterocycles. The lowest BCUT2D eigenvalue weighted by Crippen LogP contribution is -2.23. The molecule has 5 nitrogen and oxygen atoms in total. The summed E-state index contributed by atoms with van der Waals surface area (Å²) in [6.07, 6.45) is 0. The largest absolute Gasteiger partial charge is 0.507 e. The summed E-state index contributed by atoms with van der Waals surface area (Å²) in [4.78, 5) is 12.0. The number of benzene rings is 1. The molecule has 0 spiro atoms. The number of rotatable bonds is 3. The number of halogens is 1. The van der Waals surface area contributed by atoms with E-state index < -0.39 is 11.7 Å². The Labute approximate surface area is 116 Å². The van der Waals surface area contributed by atoms with Gasteiger partial charge in [0.1, 0.15) is 11.6 Å². The average Bonchev–Trinajstić information content (AvgIpc) is 2.64. The monoisotopic (exact) mass is 277 g/mol. The van der Waals surface area contributed by atoms with Crippen LogP contribution in [-0.2, 0) is 13.6 Å². The second kappa shape index (κ2) is 5.32. The molecular formula is C14H16FN3O2. The highest BCUT2D eigenvalue weighted by atomic mass is 19.1. The second-order valence-corrected chi connectivity index (χ2v) is 4.62. The first-order chi connectivity index (χ1) is 9.40. The Morgan fingerprint density at radius 1 is 1.45 bits per heavy atom. The second-order valence-electron chi connectivity index (χ2n) is 4.62. The van der Waals surface area contributed by atoms with Gasteiger partial charge >= 0.3 is 0 Å². The number of hydrogen-bond acceptors (Lipinski definition) is 3. The Kier molecular flexibility index (Phi) is 3.74. The smallest absolute Gasteiger partial charge is 0.255 e. The van der Waals surface area contributed by atoms with Gasteiger partial charge < -0.3 is 10.4 Å². The van der Waals surface area contributed by atoms with Gasteiger partial charge in [-0.15, -0.1) is 0 Å². The number of nitrogens with one attached hydrogen (secondary N) is 1. The summed E-state index contributed by atoms with van der Waals surface area (Å²) in [5.74, 6) is -1.34. The van der Waals surface area contributed by atoms with Crippen molar-refractivity contribution in [3.63, 3.8) is 0 Å². The van der Waals surface area contributed by atoms with Crippen LogP contribution in [0.15, 0.2) is 18.2 Å². The van der Waals surface area contributed by atoms with Gasteiger partial charge in [0.2, 0.25) is 0 Å². The number of amides is 1. The van der Waals surface area contributed by atoms with Gasteiger partial charge in [-0.25, -0.2) is 4.39 Å². The minimum atomic E-state index is -0.568. The Morgan fingerprint density at radius 2 is 2.15 bits per heavy atom. The molecule has 2 aromatic rings. The highest BCUT2D eigenvalue weighted by Crippen LogP contribution is 2.18. The average molecular weight is 277 g/mol. The Morgan fingerprint density at radius 3 is 2.75 bits per heavy atom. The molecule has 0 radical (unpaired) electrons. The van der Waals surface area contributed by atoms with Crippen molar-refractivity contribution in [2.75, 3.05) is 0 Å². The van der Waals surface area contributed by atoms with Crippen molar-refractivity contribution in [3.8, 4) is 5.75 Å². The predicted octanol–water partition coefficient (Wildman–Crippen LogP) is 1.81. The van der Waals surface area contributed by atoms with E-state index >= 15 is 0 Å². The third kappa shape index (κ3) is 2.64. The minimum absolute atomic E-state index is 0.0794. The Balaban J connectivity index is 2.15. The fourth-order valence-corrected chi connectivity index (χ4v) is 2.03. The molecule has 20 heavy (non-hydrogen) atoms. The highest BCUT2D eigenvalue weighted by Gasteiger charge is 2.14. The highest BCUT2D eigenvalue weighted by molar-refractivity contribution is 5.96. The number of carbonyl (C=O) groups excluding carboxylic acids is 1. The van der Waals surface area contributed by atoms with Gasteiger partial charge in [-0.1, -0.05) is 0 Å². The first-order valence-corrected chi connectivity index (χ1v) is 6.16. The summed E-state index contributed by atoms with van der Waals surface area (Å²) < 4.78 is 14.8. The molecule has 0 aliphatic heterocycles. The number of aryl methyl sites for hydroxylation is 2. The molecule has 6 heteroatoms. The lowest BCUT2D eigenvalue weighted by Gasteiger charge is -2.07. The van der Waals surface area contributed by atoms with Crippen LogP contribution in [0, 0.1) is 19.7 Å². The number of carbonyl (C=O) groups is 1. The van der Waals surface area contributed by atoms with Gasteiger partial charge in [0, 0.05) is 24.8 Å². The molecule has 2 N–H and O–H groups in total. The van der Waals surface area contributed by atoms with Crippen LogP contribution in [0.5, 0.6) is 5.75 Å². The van der Waals surface area contributed by atoms with Gasteiger partial charge in [0.15, 0.2) is 0 Å². The van der Waals surface area contributed by atoms with Crippen LogP contribution in [0.2, 0.25) is 0 Å². The number of phenols is 1. The molecule has 106 valence electrons. The number of phenolic OH excluding ortho intramolecular Hbond substituents is 1. The molecule has 0 aliphatic carbocycles. The van der Waals surface area contributed by atoms with E-state index in [1.165, 1.54) is 0 Å². The molecule has 0 unspecified atom stereocenters. The number of aromatic nitrogens is 2. The Bertz CT molecular complexity index is 665. The van der Waals surface area contributed by atoms with Crippen molar-refractivity contribution in [3.05, 3.63) is 46.5 Å². The van der Waals surface area contributed by atoms with Crippen molar-refractivity contribution in [2.24, 2.45) is 7.05 Å². The van der Waals surface area contributed by atoms with E-state index in [1.54, 1.807) is 4.68 Å². The lowest BCUT2D eigenvalue weighted by molar-refractivity contribution is 0.0947. The van der Waals surface area contributed by atoms with Gasteiger partial charge in [-0.2, -0.15) is 5.10 Å². The van der Waals surface area contributed by atoms with Crippen LogP contribution >= 0.6 is 0 Å². The maximum Gasteiger partial charge on any atom is 0.255 e. The standard InChI is InChI=1S/C14H16FN3O2/c1-8-12(9(2)18(3)17-8)7-16-14(20)11-6-10(15)4-5-13(11)19/h4-6,19H,7H2,1-3H3,(H,16,20). The molecule has 0 atom stereocenters.